The Morgan fingerprint density at radius 1 is 1.09 bits per heavy atom. The molecule has 3 fully saturated rings. The first-order valence-corrected chi connectivity index (χ1v) is 11.0. The summed E-state index contributed by atoms with van der Waals surface area (Å²) in [4.78, 5) is 55.7. The number of esters is 1. The van der Waals surface area contributed by atoms with Crippen molar-refractivity contribution in [1.29, 1.82) is 0 Å². The number of hydrogen-bond donors (Lipinski definition) is 0. The lowest BCUT2D eigenvalue weighted by atomic mass is 9.71. The van der Waals surface area contributed by atoms with Gasteiger partial charge >= 0.3 is 5.97 Å². The lowest BCUT2D eigenvalue weighted by Gasteiger charge is -2.29. The molecule has 0 unspecified atom stereocenters. The fraction of sp³-hybridized carbons (Fsp3) is 0.333. The number of ether oxygens (including phenoxy) is 1. The number of amides is 2. The maximum Gasteiger partial charge on any atom is 0.308 e. The Kier molecular flexibility index (Phi) is 4.35. The normalized spacial score (nSPS) is 30.6. The van der Waals surface area contributed by atoms with Crippen molar-refractivity contribution in [1.82, 2.24) is 0 Å². The molecule has 2 bridgehead atoms. The van der Waals surface area contributed by atoms with E-state index in [1.807, 2.05) is 0 Å². The Morgan fingerprint density at radius 3 is 2.47 bits per heavy atom. The van der Waals surface area contributed by atoms with Crippen LogP contribution in [0.3, 0.4) is 0 Å². The number of fused-ring (bicyclic) bond motifs is 8. The van der Waals surface area contributed by atoms with Gasteiger partial charge in [-0.3, -0.25) is 29.4 Å². The predicted octanol–water partition coefficient (Wildman–Crippen LogP) is 2.69. The molecule has 0 aromatic heterocycles. The van der Waals surface area contributed by atoms with Crippen molar-refractivity contribution in [2.24, 2.45) is 34.7 Å². The number of carbonyl (C=O) groups excluding carboxylic acids is 3. The number of nitro groups is 1. The van der Waals surface area contributed by atoms with Crippen LogP contribution in [0.15, 0.2) is 53.7 Å². The Morgan fingerprint density at radius 2 is 1.79 bits per heavy atom. The largest absolute Gasteiger partial charge is 0.427 e. The molecule has 6 atom stereocenters. The van der Waals surface area contributed by atoms with Gasteiger partial charge in [-0.15, -0.1) is 0 Å². The van der Waals surface area contributed by atoms with Gasteiger partial charge in [0, 0.05) is 36.5 Å². The second-order valence-corrected chi connectivity index (χ2v) is 9.09. The van der Waals surface area contributed by atoms with Crippen molar-refractivity contribution in [2.45, 2.75) is 19.4 Å². The van der Waals surface area contributed by atoms with Crippen LogP contribution in [0.4, 0.5) is 11.4 Å². The molecule has 2 aromatic rings. The van der Waals surface area contributed by atoms with E-state index in [0.29, 0.717) is 29.1 Å². The highest BCUT2D eigenvalue weighted by molar-refractivity contribution is 6.23. The van der Waals surface area contributed by atoms with Crippen LogP contribution in [-0.4, -0.2) is 34.5 Å². The number of nitrogens with zero attached hydrogens (tertiary/aromatic N) is 3. The number of non-ortho nitro benzene ring substituents is 1. The number of benzene rings is 2. The fourth-order valence-corrected chi connectivity index (χ4v) is 6.23. The molecule has 4 aliphatic rings. The molecule has 34 heavy (non-hydrogen) atoms. The minimum absolute atomic E-state index is 0.0415. The molecule has 2 aliphatic carbocycles. The molecule has 1 saturated heterocycles. The van der Waals surface area contributed by atoms with Gasteiger partial charge in [0.15, 0.2) is 0 Å². The lowest BCUT2D eigenvalue weighted by Crippen LogP contribution is -2.41. The van der Waals surface area contributed by atoms with Gasteiger partial charge in [0.1, 0.15) is 11.9 Å². The molecule has 2 aliphatic heterocycles. The zero-order valence-electron chi connectivity index (χ0n) is 18.0. The summed E-state index contributed by atoms with van der Waals surface area (Å²) in [6.45, 7) is 1.29. The van der Waals surface area contributed by atoms with Crippen LogP contribution >= 0.6 is 0 Å². The average Bonchev–Trinajstić information content (AvgIpc) is 3.54. The number of imide groups is 1. The standard InChI is InChI=1S/C24H19N3O7/c1-11(28)33-15-7-5-13(6-8-15)26-23(29)18-16-10-17(19(18)24(26)30)22-20(16)21(25-34-22)12-3-2-4-14(9-12)27(31)32/h2-9,16-20,22H,10H2,1H3/t16-,17+,18-,19+,20+,22-/m1/s1. The first kappa shape index (κ1) is 20.5. The summed E-state index contributed by atoms with van der Waals surface area (Å²) in [6.07, 6.45) is 0.346. The molecule has 10 nitrogen and oxygen atoms in total. The molecule has 2 heterocycles. The molecule has 0 radical (unpaired) electrons. The Hall–Kier alpha value is -4.08. The predicted molar refractivity (Wildman–Crippen MR) is 117 cm³/mol. The summed E-state index contributed by atoms with van der Waals surface area (Å²) in [7, 11) is 0. The number of rotatable bonds is 4. The smallest absolute Gasteiger partial charge is 0.308 e. The number of anilines is 1. The summed E-state index contributed by atoms with van der Waals surface area (Å²) in [5, 5.41) is 15.5. The van der Waals surface area contributed by atoms with Crippen LogP contribution < -0.4 is 9.64 Å². The summed E-state index contributed by atoms with van der Waals surface area (Å²) in [6, 6.07) is 12.5. The van der Waals surface area contributed by atoms with E-state index in [-0.39, 0.29) is 41.4 Å². The van der Waals surface area contributed by atoms with E-state index < -0.39 is 22.7 Å². The summed E-state index contributed by atoms with van der Waals surface area (Å²) >= 11 is 0. The van der Waals surface area contributed by atoms with Crippen LogP contribution in [-0.2, 0) is 19.2 Å². The average molecular weight is 461 g/mol. The van der Waals surface area contributed by atoms with Crippen LogP contribution in [0.2, 0.25) is 0 Å². The van der Waals surface area contributed by atoms with Gasteiger partial charge < -0.3 is 9.57 Å². The van der Waals surface area contributed by atoms with E-state index in [4.69, 9.17) is 9.57 Å². The third-order valence-corrected chi connectivity index (χ3v) is 7.40. The van der Waals surface area contributed by atoms with Gasteiger partial charge in [-0.05, 0) is 36.6 Å². The minimum Gasteiger partial charge on any atom is -0.427 e. The Bertz CT molecular complexity index is 1290. The highest BCUT2D eigenvalue weighted by Gasteiger charge is 2.70. The van der Waals surface area contributed by atoms with Crippen LogP contribution in [0, 0.1) is 39.7 Å². The van der Waals surface area contributed by atoms with E-state index in [0.717, 1.165) is 0 Å². The number of carbonyl (C=O) groups is 3. The topological polar surface area (TPSA) is 128 Å². The maximum atomic E-state index is 13.5. The van der Waals surface area contributed by atoms with E-state index in [2.05, 4.69) is 5.16 Å². The fourth-order valence-electron chi connectivity index (χ4n) is 6.23. The Balaban J connectivity index is 1.29. The summed E-state index contributed by atoms with van der Waals surface area (Å²) in [5.41, 5.74) is 1.59. The third kappa shape index (κ3) is 2.81. The van der Waals surface area contributed by atoms with E-state index in [1.54, 1.807) is 36.4 Å². The number of oxime groups is 1. The molecule has 6 rings (SSSR count). The zero-order chi connectivity index (χ0) is 23.7. The molecule has 0 N–H and O–H groups in total. The van der Waals surface area contributed by atoms with Crippen molar-refractivity contribution in [3.05, 3.63) is 64.2 Å². The first-order chi connectivity index (χ1) is 16.3. The molecular weight excluding hydrogens is 442 g/mol. The van der Waals surface area contributed by atoms with Gasteiger partial charge in [-0.1, -0.05) is 17.3 Å². The molecule has 0 spiro atoms. The highest BCUT2D eigenvalue weighted by Crippen LogP contribution is 2.62. The Labute approximate surface area is 193 Å². The second kappa shape index (κ2) is 7.21. The highest BCUT2D eigenvalue weighted by atomic mass is 16.6. The van der Waals surface area contributed by atoms with Gasteiger partial charge in [-0.2, -0.15) is 0 Å². The molecule has 172 valence electrons. The zero-order valence-corrected chi connectivity index (χ0v) is 18.0. The van der Waals surface area contributed by atoms with E-state index in [1.165, 1.54) is 24.0 Å². The molecule has 2 amide bonds. The van der Waals surface area contributed by atoms with E-state index >= 15 is 0 Å². The summed E-state index contributed by atoms with van der Waals surface area (Å²) < 4.78 is 5.03. The van der Waals surface area contributed by atoms with Crippen molar-refractivity contribution in [3.63, 3.8) is 0 Å². The number of nitro benzene ring substituents is 1. The van der Waals surface area contributed by atoms with Crippen LogP contribution in [0.1, 0.15) is 18.9 Å². The van der Waals surface area contributed by atoms with Crippen molar-refractivity contribution in [2.75, 3.05) is 4.90 Å². The van der Waals surface area contributed by atoms with E-state index in [9.17, 15) is 24.5 Å². The monoisotopic (exact) mass is 461 g/mol. The van der Waals surface area contributed by atoms with Crippen LogP contribution in [0.25, 0.3) is 0 Å². The minimum atomic E-state index is -0.488. The summed E-state index contributed by atoms with van der Waals surface area (Å²) in [5.74, 6) is -2.10. The first-order valence-electron chi connectivity index (χ1n) is 11.0. The number of hydrogen-bond acceptors (Lipinski definition) is 8. The molecule has 10 heteroatoms. The van der Waals surface area contributed by atoms with Crippen molar-refractivity contribution < 1.29 is 28.9 Å². The quantitative estimate of drug-likeness (QED) is 0.225. The van der Waals surface area contributed by atoms with Gasteiger partial charge in [0.05, 0.1) is 28.2 Å². The third-order valence-electron chi connectivity index (χ3n) is 7.40. The van der Waals surface area contributed by atoms with Gasteiger partial charge in [0.2, 0.25) is 11.8 Å². The molecular formula is C24H19N3O7. The maximum absolute atomic E-state index is 13.5. The van der Waals surface area contributed by atoms with Gasteiger partial charge in [-0.25, -0.2) is 0 Å². The van der Waals surface area contributed by atoms with Crippen molar-refractivity contribution in [3.8, 4) is 5.75 Å². The second-order valence-electron chi connectivity index (χ2n) is 9.09. The van der Waals surface area contributed by atoms with Crippen LogP contribution in [0.5, 0.6) is 5.75 Å². The molecule has 2 aromatic carbocycles. The SMILES string of the molecule is CC(=O)Oc1ccc(N2C(=O)[C@@H]3[C@H]4C[C@H]([C@H]5ON=C(c6cccc([N+](=O)[O-])c6)[C@H]45)[C@@H]3C2=O)cc1. The van der Waals surface area contributed by atoms with Gasteiger partial charge in [0.25, 0.3) is 5.69 Å². The molecule has 2 saturated carbocycles. The van der Waals surface area contributed by atoms with Crippen molar-refractivity contribution >= 4 is 34.9 Å². The lowest BCUT2D eigenvalue weighted by molar-refractivity contribution is -0.384.